The average Bonchev–Trinajstić information content (AvgIpc) is 2.79. The summed E-state index contributed by atoms with van der Waals surface area (Å²) in [6.07, 6.45) is 0. The Hall–Kier alpha value is -1.95. The zero-order chi connectivity index (χ0) is 16.6. The Labute approximate surface area is 145 Å². The third-order valence-electron chi connectivity index (χ3n) is 3.15. The predicted molar refractivity (Wildman–Crippen MR) is 90.6 cm³/mol. The summed E-state index contributed by atoms with van der Waals surface area (Å²) in [5, 5.41) is 3.35. The minimum absolute atomic E-state index is 0.209. The fourth-order valence-electron chi connectivity index (χ4n) is 2.15. The summed E-state index contributed by atoms with van der Waals surface area (Å²) in [7, 11) is 0. The highest BCUT2D eigenvalue weighted by atomic mass is 35.5. The number of halogens is 3. The highest BCUT2D eigenvalue weighted by molar-refractivity contribution is 6.42. The fraction of sp³-hybridized carbons (Fsp3) is 0.0667. The van der Waals surface area contributed by atoms with Gasteiger partial charge in [-0.2, -0.15) is 0 Å². The van der Waals surface area contributed by atoms with Crippen LogP contribution in [0.2, 0.25) is 15.1 Å². The molecule has 2 aromatic carbocycles. The first-order valence-corrected chi connectivity index (χ1v) is 7.62. The van der Waals surface area contributed by atoms with Gasteiger partial charge >= 0.3 is 5.76 Å². The van der Waals surface area contributed by atoms with Crippen LogP contribution in [0.4, 0.5) is 5.69 Å². The van der Waals surface area contributed by atoms with Crippen molar-refractivity contribution in [3.8, 4) is 0 Å². The molecule has 8 heteroatoms. The molecule has 1 heterocycles. The zero-order valence-corrected chi connectivity index (χ0v) is 13.7. The van der Waals surface area contributed by atoms with Gasteiger partial charge in [0.15, 0.2) is 5.58 Å². The third-order valence-corrected chi connectivity index (χ3v) is 3.96. The Morgan fingerprint density at radius 3 is 2.48 bits per heavy atom. The van der Waals surface area contributed by atoms with Crippen LogP contribution >= 0.6 is 34.8 Å². The predicted octanol–water partition coefficient (Wildman–Crippen LogP) is 4.19. The Balaban J connectivity index is 1.88. The molecule has 0 aliphatic heterocycles. The quantitative estimate of drug-likeness (QED) is 0.750. The Kier molecular flexibility index (Phi) is 4.35. The fourth-order valence-corrected chi connectivity index (χ4v) is 3.06. The molecule has 3 aromatic rings. The number of carbonyl (C=O) groups excluding carboxylic acids is 1. The van der Waals surface area contributed by atoms with E-state index in [0.29, 0.717) is 16.1 Å². The number of fused-ring (bicyclic) bond motifs is 1. The summed E-state index contributed by atoms with van der Waals surface area (Å²) in [6, 6.07) is 9.75. The van der Waals surface area contributed by atoms with Crippen LogP contribution in [0.1, 0.15) is 0 Å². The van der Waals surface area contributed by atoms with Crippen molar-refractivity contribution in [2.45, 2.75) is 6.54 Å². The molecule has 1 N–H and O–H groups in total. The van der Waals surface area contributed by atoms with E-state index in [1.54, 1.807) is 24.3 Å². The molecule has 23 heavy (non-hydrogen) atoms. The number of benzene rings is 2. The lowest BCUT2D eigenvalue weighted by molar-refractivity contribution is -0.116. The monoisotopic (exact) mass is 370 g/mol. The lowest BCUT2D eigenvalue weighted by Crippen LogP contribution is -2.25. The van der Waals surface area contributed by atoms with E-state index in [9.17, 15) is 9.59 Å². The van der Waals surface area contributed by atoms with Crippen LogP contribution in [0.25, 0.3) is 11.1 Å². The van der Waals surface area contributed by atoms with E-state index in [-0.39, 0.29) is 22.3 Å². The molecule has 1 aromatic heterocycles. The van der Waals surface area contributed by atoms with Gasteiger partial charge in [-0.15, -0.1) is 0 Å². The minimum atomic E-state index is -0.616. The van der Waals surface area contributed by atoms with Gasteiger partial charge < -0.3 is 9.73 Å². The lowest BCUT2D eigenvalue weighted by atomic mass is 10.3. The highest BCUT2D eigenvalue weighted by Crippen LogP contribution is 2.33. The number of carbonyl (C=O) groups is 1. The van der Waals surface area contributed by atoms with Crippen LogP contribution in [0.5, 0.6) is 0 Å². The number of nitrogens with one attached hydrogen (secondary N) is 1. The molecule has 0 saturated heterocycles. The van der Waals surface area contributed by atoms with E-state index >= 15 is 0 Å². The molecule has 118 valence electrons. The molecule has 0 aliphatic carbocycles. The standard InChI is InChI=1S/C15H9Cl3N2O3/c16-8-5-9(17)14(10(18)6-8)19-13(21)7-20-11-3-1-2-4-12(11)23-15(20)22/h1-6H,7H2,(H,19,21). The van der Waals surface area contributed by atoms with Crippen LogP contribution in [0.3, 0.4) is 0 Å². The molecule has 3 rings (SSSR count). The number of nitrogens with zero attached hydrogens (tertiary/aromatic N) is 1. The van der Waals surface area contributed by atoms with Crippen LogP contribution in [0, 0.1) is 0 Å². The Morgan fingerprint density at radius 1 is 1.13 bits per heavy atom. The van der Waals surface area contributed by atoms with Crippen molar-refractivity contribution in [2.75, 3.05) is 5.32 Å². The van der Waals surface area contributed by atoms with Gasteiger partial charge in [-0.1, -0.05) is 46.9 Å². The van der Waals surface area contributed by atoms with E-state index in [0.717, 1.165) is 0 Å². The highest BCUT2D eigenvalue weighted by Gasteiger charge is 2.15. The summed E-state index contributed by atoms with van der Waals surface area (Å²) < 4.78 is 6.30. The van der Waals surface area contributed by atoms with E-state index < -0.39 is 11.7 Å². The molecule has 0 radical (unpaired) electrons. The van der Waals surface area contributed by atoms with Crippen molar-refractivity contribution < 1.29 is 9.21 Å². The number of anilines is 1. The van der Waals surface area contributed by atoms with Crippen LogP contribution in [0.15, 0.2) is 45.6 Å². The van der Waals surface area contributed by atoms with Crippen molar-refractivity contribution in [3.05, 3.63) is 62.0 Å². The first kappa shape index (κ1) is 15.9. The van der Waals surface area contributed by atoms with Gasteiger partial charge in [-0.3, -0.25) is 9.36 Å². The van der Waals surface area contributed by atoms with Gasteiger partial charge in [-0.25, -0.2) is 4.79 Å². The van der Waals surface area contributed by atoms with Crippen molar-refractivity contribution >= 4 is 57.5 Å². The Bertz CT molecular complexity index is 939. The van der Waals surface area contributed by atoms with Gasteiger partial charge in [0.05, 0.1) is 21.2 Å². The van der Waals surface area contributed by atoms with Crippen LogP contribution < -0.4 is 11.1 Å². The molecule has 0 fully saturated rings. The van der Waals surface area contributed by atoms with Gasteiger partial charge in [0, 0.05) is 5.02 Å². The maximum atomic E-state index is 12.2. The van der Waals surface area contributed by atoms with E-state index in [1.807, 2.05) is 0 Å². The molecule has 0 saturated carbocycles. The number of para-hydroxylation sites is 2. The van der Waals surface area contributed by atoms with Crippen molar-refractivity contribution in [3.63, 3.8) is 0 Å². The number of amides is 1. The summed E-state index contributed by atoms with van der Waals surface area (Å²) in [4.78, 5) is 24.1. The van der Waals surface area contributed by atoms with Crippen molar-refractivity contribution in [1.82, 2.24) is 4.57 Å². The van der Waals surface area contributed by atoms with E-state index in [4.69, 9.17) is 39.2 Å². The molecular weight excluding hydrogens is 363 g/mol. The maximum absolute atomic E-state index is 12.2. The summed E-state index contributed by atoms with van der Waals surface area (Å²) in [5.41, 5.74) is 1.18. The van der Waals surface area contributed by atoms with Gasteiger partial charge in [0.1, 0.15) is 6.54 Å². The second kappa shape index (κ2) is 6.28. The first-order chi connectivity index (χ1) is 11.0. The SMILES string of the molecule is O=C(Cn1c(=O)oc2ccccc21)Nc1c(Cl)cc(Cl)cc1Cl. The molecule has 0 unspecified atom stereocenters. The van der Waals surface area contributed by atoms with Gasteiger partial charge in [0.25, 0.3) is 0 Å². The summed E-state index contributed by atoms with van der Waals surface area (Å²) in [6.45, 7) is -0.231. The second-order valence-electron chi connectivity index (χ2n) is 4.71. The topological polar surface area (TPSA) is 64.2 Å². The third kappa shape index (κ3) is 3.22. The number of hydrogen-bond donors (Lipinski definition) is 1. The Morgan fingerprint density at radius 2 is 1.78 bits per heavy atom. The summed E-state index contributed by atoms with van der Waals surface area (Å²) >= 11 is 17.9. The van der Waals surface area contributed by atoms with Gasteiger partial charge in [0.2, 0.25) is 5.91 Å². The number of oxazole rings is 1. The summed E-state index contributed by atoms with van der Waals surface area (Å²) in [5.74, 6) is -1.08. The minimum Gasteiger partial charge on any atom is -0.408 e. The van der Waals surface area contributed by atoms with E-state index in [2.05, 4.69) is 5.32 Å². The van der Waals surface area contributed by atoms with Crippen molar-refractivity contribution in [1.29, 1.82) is 0 Å². The second-order valence-corrected chi connectivity index (χ2v) is 5.97. The van der Waals surface area contributed by atoms with Crippen molar-refractivity contribution in [2.24, 2.45) is 0 Å². The smallest absolute Gasteiger partial charge is 0.408 e. The van der Waals surface area contributed by atoms with E-state index in [1.165, 1.54) is 16.7 Å². The van der Waals surface area contributed by atoms with Crippen LogP contribution in [-0.4, -0.2) is 10.5 Å². The molecule has 0 atom stereocenters. The molecule has 0 aliphatic rings. The van der Waals surface area contributed by atoms with Crippen LogP contribution in [-0.2, 0) is 11.3 Å². The number of hydrogen-bond acceptors (Lipinski definition) is 3. The maximum Gasteiger partial charge on any atom is 0.420 e. The largest absolute Gasteiger partial charge is 0.420 e. The molecular formula is C15H9Cl3N2O3. The first-order valence-electron chi connectivity index (χ1n) is 6.48. The number of rotatable bonds is 3. The molecule has 5 nitrogen and oxygen atoms in total. The molecule has 0 spiro atoms. The average molecular weight is 372 g/mol. The normalized spacial score (nSPS) is 10.9. The molecule has 1 amide bonds. The molecule has 0 bridgehead atoms. The zero-order valence-electron chi connectivity index (χ0n) is 11.5. The number of aromatic nitrogens is 1. The lowest BCUT2D eigenvalue weighted by Gasteiger charge is -2.10. The van der Waals surface area contributed by atoms with Gasteiger partial charge in [-0.05, 0) is 24.3 Å².